The van der Waals surface area contributed by atoms with Gasteiger partial charge in [-0.1, -0.05) is 200 Å². The van der Waals surface area contributed by atoms with E-state index >= 15 is 0 Å². The molecule has 3 heteroatoms. The molecule has 11 aromatic carbocycles. The molecule has 0 aliphatic rings. The smallest absolute Gasteiger partial charge is 0.143 e. The summed E-state index contributed by atoms with van der Waals surface area (Å²) < 4.78 is 13.1. The van der Waals surface area contributed by atoms with E-state index in [2.05, 4.69) is 217 Å². The Morgan fingerprint density at radius 1 is 0.262 bits per heavy atom. The number of anilines is 3. The molecule has 0 spiro atoms. The second-order valence-corrected chi connectivity index (χ2v) is 16.8. The summed E-state index contributed by atoms with van der Waals surface area (Å²) in [6.07, 6.45) is 0. The van der Waals surface area contributed by atoms with E-state index in [1.165, 1.54) is 32.8 Å². The molecule has 0 aliphatic carbocycles. The lowest BCUT2D eigenvalue weighted by atomic mass is 9.89. The molecule has 13 aromatic rings. The molecule has 0 radical (unpaired) electrons. The largest absolute Gasteiger partial charge is 0.455 e. The topological polar surface area (TPSA) is 29.5 Å². The van der Waals surface area contributed by atoms with Gasteiger partial charge in [0.1, 0.15) is 22.3 Å². The molecule has 65 heavy (non-hydrogen) atoms. The van der Waals surface area contributed by atoms with Gasteiger partial charge in [-0.3, -0.25) is 0 Å². The quantitative estimate of drug-likeness (QED) is 0.150. The monoisotopic (exact) mass is 829 g/mol. The number of benzene rings is 11. The zero-order valence-corrected chi connectivity index (χ0v) is 35.3. The highest BCUT2D eigenvalue weighted by molar-refractivity contribution is 6.22. The number of rotatable bonds is 7. The summed E-state index contributed by atoms with van der Waals surface area (Å²) in [6, 6.07) is 84.8. The molecular formula is C62H39NO2. The maximum absolute atomic E-state index is 6.62. The summed E-state index contributed by atoms with van der Waals surface area (Å²) in [5.74, 6) is 0. The molecule has 0 saturated carbocycles. The number of fused-ring (bicyclic) bond motifs is 9. The third-order valence-corrected chi connectivity index (χ3v) is 13.1. The minimum absolute atomic E-state index is 0.886. The maximum Gasteiger partial charge on any atom is 0.143 e. The van der Waals surface area contributed by atoms with Crippen LogP contribution in [0.3, 0.4) is 0 Å². The summed E-state index contributed by atoms with van der Waals surface area (Å²) in [7, 11) is 0. The first kappa shape index (κ1) is 36.9. The van der Waals surface area contributed by atoms with E-state index in [4.69, 9.17) is 8.83 Å². The van der Waals surface area contributed by atoms with Crippen molar-refractivity contribution in [3.05, 3.63) is 237 Å². The third-order valence-electron chi connectivity index (χ3n) is 13.1. The van der Waals surface area contributed by atoms with Crippen molar-refractivity contribution in [2.75, 3.05) is 4.90 Å². The first-order valence-electron chi connectivity index (χ1n) is 22.2. The first-order valence-corrected chi connectivity index (χ1v) is 22.2. The van der Waals surface area contributed by atoms with Crippen molar-refractivity contribution in [1.29, 1.82) is 0 Å². The molecule has 304 valence electrons. The average molecular weight is 830 g/mol. The number of hydrogen-bond donors (Lipinski definition) is 0. The highest BCUT2D eigenvalue weighted by atomic mass is 16.3. The van der Waals surface area contributed by atoms with E-state index in [0.29, 0.717) is 0 Å². The van der Waals surface area contributed by atoms with Gasteiger partial charge in [0.2, 0.25) is 0 Å². The number of furan rings is 2. The number of nitrogens with zero attached hydrogens (tertiary/aromatic N) is 1. The van der Waals surface area contributed by atoms with Gasteiger partial charge >= 0.3 is 0 Å². The van der Waals surface area contributed by atoms with Gasteiger partial charge in [-0.15, -0.1) is 0 Å². The highest BCUT2D eigenvalue weighted by Crippen LogP contribution is 2.50. The lowest BCUT2D eigenvalue weighted by Crippen LogP contribution is -2.12. The van der Waals surface area contributed by atoms with Crippen LogP contribution in [0.5, 0.6) is 0 Å². The normalized spacial score (nSPS) is 11.7. The SMILES string of the molecule is c1ccc(-c2ccc(-c3c(N(c4ccc(-c5cccc6c5oc5ccccc56)cc4)c4cccc(-c5cccc6c5oc5ccccc56)c4)c4ccccc4c4ccccc34)cc2)cc1. The molecule has 0 N–H and O–H groups in total. The van der Waals surface area contributed by atoms with Gasteiger partial charge in [-0.2, -0.15) is 0 Å². The van der Waals surface area contributed by atoms with Crippen LogP contribution in [0.25, 0.3) is 110 Å². The molecular weight excluding hydrogens is 791 g/mol. The molecule has 0 amide bonds. The minimum atomic E-state index is 0.886. The van der Waals surface area contributed by atoms with Crippen molar-refractivity contribution >= 4 is 82.5 Å². The van der Waals surface area contributed by atoms with E-state index in [0.717, 1.165) is 94.1 Å². The molecule has 2 heterocycles. The molecule has 0 saturated heterocycles. The van der Waals surface area contributed by atoms with Crippen molar-refractivity contribution in [2.45, 2.75) is 0 Å². The van der Waals surface area contributed by atoms with Gasteiger partial charge in [0, 0.05) is 55.0 Å². The van der Waals surface area contributed by atoms with Gasteiger partial charge in [0.25, 0.3) is 0 Å². The summed E-state index contributed by atoms with van der Waals surface area (Å²) in [4.78, 5) is 2.46. The molecule has 3 nitrogen and oxygen atoms in total. The Morgan fingerprint density at radius 3 is 1.35 bits per heavy atom. The third kappa shape index (κ3) is 6.05. The maximum atomic E-state index is 6.62. The standard InChI is InChI=1S/C62H39NO2/c1-2-15-40(16-3-1)41-31-33-43(34-32-41)59-53-23-6-4-19-49(53)50-20-5-7-24-54(50)60(59)63(45-37-35-42(36-38-45)47-25-13-27-55-51-21-8-10-29-57(51)64-61(47)55)46-18-12-17-44(39-46)48-26-14-28-56-52-22-9-11-30-58(52)65-62(48)56/h1-39H. The van der Waals surface area contributed by atoms with Crippen LogP contribution >= 0.6 is 0 Å². The second-order valence-electron chi connectivity index (χ2n) is 16.8. The van der Waals surface area contributed by atoms with Crippen LogP contribution in [0.15, 0.2) is 245 Å². The molecule has 0 bridgehead atoms. The first-order chi connectivity index (χ1) is 32.2. The van der Waals surface area contributed by atoms with Gasteiger partial charge in [0.05, 0.1) is 5.69 Å². The van der Waals surface area contributed by atoms with Crippen LogP contribution in [-0.4, -0.2) is 0 Å². The fraction of sp³-hybridized carbons (Fsp3) is 0. The van der Waals surface area contributed by atoms with Crippen LogP contribution in [0, 0.1) is 0 Å². The van der Waals surface area contributed by atoms with E-state index in [-0.39, 0.29) is 0 Å². The van der Waals surface area contributed by atoms with E-state index < -0.39 is 0 Å². The predicted molar refractivity (Wildman–Crippen MR) is 272 cm³/mol. The summed E-state index contributed by atoms with van der Waals surface area (Å²) in [5, 5.41) is 9.23. The van der Waals surface area contributed by atoms with E-state index in [9.17, 15) is 0 Å². The molecule has 0 fully saturated rings. The summed E-state index contributed by atoms with van der Waals surface area (Å²) >= 11 is 0. The van der Waals surface area contributed by atoms with Crippen molar-refractivity contribution in [2.24, 2.45) is 0 Å². The summed E-state index contributed by atoms with van der Waals surface area (Å²) in [5.41, 5.74) is 15.7. The van der Waals surface area contributed by atoms with Gasteiger partial charge in [-0.25, -0.2) is 0 Å². The Balaban J connectivity index is 1.06. The van der Waals surface area contributed by atoms with Crippen molar-refractivity contribution in [1.82, 2.24) is 0 Å². The molecule has 0 atom stereocenters. The van der Waals surface area contributed by atoms with Crippen molar-refractivity contribution in [3.63, 3.8) is 0 Å². The zero-order valence-electron chi connectivity index (χ0n) is 35.3. The van der Waals surface area contributed by atoms with Crippen LogP contribution < -0.4 is 4.90 Å². The van der Waals surface area contributed by atoms with Crippen molar-refractivity contribution in [3.8, 4) is 44.5 Å². The minimum Gasteiger partial charge on any atom is -0.455 e. The zero-order chi connectivity index (χ0) is 42.8. The Bertz CT molecular complexity index is 3930. The van der Waals surface area contributed by atoms with Gasteiger partial charge < -0.3 is 13.7 Å². The van der Waals surface area contributed by atoms with Crippen LogP contribution in [0.4, 0.5) is 17.1 Å². The molecule has 0 aliphatic heterocycles. The Labute approximate surface area is 375 Å². The highest BCUT2D eigenvalue weighted by Gasteiger charge is 2.25. The average Bonchev–Trinajstić information content (AvgIpc) is 3.96. The van der Waals surface area contributed by atoms with Crippen LogP contribution in [0.1, 0.15) is 0 Å². The lowest BCUT2D eigenvalue weighted by Gasteiger charge is -2.31. The van der Waals surface area contributed by atoms with Crippen molar-refractivity contribution < 1.29 is 8.83 Å². The summed E-state index contributed by atoms with van der Waals surface area (Å²) in [6.45, 7) is 0. The Morgan fingerprint density at radius 2 is 0.708 bits per heavy atom. The lowest BCUT2D eigenvalue weighted by molar-refractivity contribution is 0.669. The number of para-hydroxylation sites is 4. The van der Waals surface area contributed by atoms with Crippen LogP contribution in [-0.2, 0) is 0 Å². The molecule has 2 aromatic heterocycles. The fourth-order valence-electron chi connectivity index (χ4n) is 10.1. The molecule has 13 rings (SSSR count). The van der Waals surface area contributed by atoms with Gasteiger partial charge in [-0.05, 0) is 80.4 Å². The van der Waals surface area contributed by atoms with E-state index in [1.54, 1.807) is 0 Å². The molecule has 0 unspecified atom stereocenters. The number of hydrogen-bond acceptors (Lipinski definition) is 3. The fourth-order valence-corrected chi connectivity index (χ4v) is 10.1. The second kappa shape index (κ2) is 15.0. The Kier molecular flexibility index (Phi) is 8.53. The predicted octanol–water partition coefficient (Wildman–Crippen LogP) is 17.9. The van der Waals surface area contributed by atoms with E-state index in [1.807, 2.05) is 24.3 Å². The van der Waals surface area contributed by atoms with Crippen LogP contribution in [0.2, 0.25) is 0 Å². The van der Waals surface area contributed by atoms with Gasteiger partial charge in [0.15, 0.2) is 0 Å². The Hall–Kier alpha value is -8.66.